The number of allylic oxidation sites excluding steroid dienone is 2. The number of ether oxygens (including phenoxy) is 1. The fourth-order valence-corrected chi connectivity index (χ4v) is 2.55. The molecule has 0 radical (unpaired) electrons. The van der Waals surface area contributed by atoms with Crippen LogP contribution in [0.15, 0.2) is 12.2 Å². The maximum atomic E-state index is 12.1. The molecule has 2 atom stereocenters. The number of fused-ring (bicyclic) bond motifs is 1. The predicted molar refractivity (Wildman–Crippen MR) is 74.9 cm³/mol. The summed E-state index contributed by atoms with van der Waals surface area (Å²) >= 11 is 0. The second kappa shape index (κ2) is 6.89. The molecule has 7 heteroatoms. The summed E-state index contributed by atoms with van der Waals surface area (Å²) in [5.74, 6) is -0.608. The van der Waals surface area contributed by atoms with Crippen LogP contribution >= 0.6 is 0 Å². The number of nitrogens with one attached hydrogen (secondary N) is 1. The summed E-state index contributed by atoms with van der Waals surface area (Å²) in [4.78, 5) is 48.1. The minimum Gasteiger partial charge on any atom is -0.454 e. The lowest BCUT2D eigenvalue weighted by Gasteiger charge is -2.14. The molecule has 22 heavy (non-hydrogen) atoms. The van der Waals surface area contributed by atoms with Crippen LogP contribution in [0.2, 0.25) is 0 Å². The summed E-state index contributed by atoms with van der Waals surface area (Å²) in [6.07, 6.45) is 9.72. The quantitative estimate of drug-likeness (QED) is 0.312. The van der Waals surface area contributed by atoms with E-state index in [9.17, 15) is 19.2 Å². The van der Waals surface area contributed by atoms with Crippen LogP contribution in [0, 0.1) is 24.2 Å². The van der Waals surface area contributed by atoms with Crippen LogP contribution in [0.1, 0.15) is 12.8 Å². The van der Waals surface area contributed by atoms with E-state index < -0.39 is 25.0 Å². The van der Waals surface area contributed by atoms with Crippen molar-refractivity contribution in [2.75, 3.05) is 19.7 Å². The molecule has 1 fully saturated rings. The van der Waals surface area contributed by atoms with Gasteiger partial charge in [-0.25, -0.2) is 0 Å². The number of imide groups is 1. The molecule has 116 valence electrons. The van der Waals surface area contributed by atoms with E-state index in [1.54, 1.807) is 0 Å². The Hall–Kier alpha value is -2.62. The highest BCUT2D eigenvalue weighted by atomic mass is 16.5. The average Bonchev–Trinajstić information content (AvgIpc) is 2.76. The molecule has 2 aliphatic rings. The Balaban J connectivity index is 1.84. The number of carbonyl (C=O) groups is 4. The smallest absolute Gasteiger partial charge is 0.326 e. The fraction of sp³-hybridized carbons (Fsp3) is 0.467. The molecule has 0 aromatic heterocycles. The van der Waals surface area contributed by atoms with Crippen molar-refractivity contribution >= 4 is 23.7 Å². The van der Waals surface area contributed by atoms with Gasteiger partial charge in [0, 0.05) is 0 Å². The van der Waals surface area contributed by atoms with Crippen LogP contribution < -0.4 is 5.32 Å². The minimum atomic E-state index is -0.802. The summed E-state index contributed by atoms with van der Waals surface area (Å²) in [5.41, 5.74) is 0. The number of nitrogens with zero attached hydrogens (tertiary/aromatic N) is 1. The van der Waals surface area contributed by atoms with Gasteiger partial charge in [-0.05, 0) is 12.8 Å². The topological polar surface area (TPSA) is 92.8 Å². The Morgan fingerprint density at radius 3 is 2.41 bits per heavy atom. The predicted octanol–water partition coefficient (Wildman–Crippen LogP) is -0.770. The highest BCUT2D eigenvalue weighted by Gasteiger charge is 2.47. The molecule has 1 N–H and O–H groups in total. The standard InChI is InChI=1S/C15H16N2O5/c1-2-7-16-12(18)9-22-13(19)8-17-14(20)10-5-3-4-6-11(10)15(17)21/h1,3-4,10-11H,5-9H2,(H,16,18)/t10-,11+. The van der Waals surface area contributed by atoms with Gasteiger partial charge in [-0.2, -0.15) is 0 Å². The number of amides is 3. The molecule has 1 aliphatic heterocycles. The largest absolute Gasteiger partial charge is 0.454 e. The van der Waals surface area contributed by atoms with Crippen LogP contribution in [0.25, 0.3) is 0 Å². The number of hydrogen-bond donors (Lipinski definition) is 1. The van der Waals surface area contributed by atoms with Gasteiger partial charge in [-0.15, -0.1) is 6.42 Å². The summed E-state index contributed by atoms with van der Waals surface area (Å²) in [6, 6.07) is 0. The van der Waals surface area contributed by atoms with Gasteiger partial charge < -0.3 is 10.1 Å². The lowest BCUT2D eigenvalue weighted by molar-refractivity contribution is -0.154. The van der Waals surface area contributed by atoms with Crippen molar-refractivity contribution in [3.05, 3.63) is 12.2 Å². The van der Waals surface area contributed by atoms with Crippen molar-refractivity contribution in [1.82, 2.24) is 10.2 Å². The third-order valence-electron chi connectivity index (χ3n) is 3.64. The van der Waals surface area contributed by atoms with Crippen molar-refractivity contribution in [1.29, 1.82) is 0 Å². The molecule has 7 nitrogen and oxygen atoms in total. The first kappa shape index (κ1) is 15.8. The Morgan fingerprint density at radius 1 is 1.27 bits per heavy atom. The molecule has 2 rings (SSSR count). The van der Waals surface area contributed by atoms with E-state index >= 15 is 0 Å². The van der Waals surface area contributed by atoms with Crippen molar-refractivity contribution in [3.63, 3.8) is 0 Å². The number of terminal acetylenes is 1. The first-order chi connectivity index (χ1) is 10.5. The number of likely N-dealkylation sites (tertiary alicyclic amines) is 1. The second-order valence-corrected chi connectivity index (χ2v) is 5.06. The first-order valence-electron chi connectivity index (χ1n) is 6.90. The summed E-state index contributed by atoms with van der Waals surface area (Å²) in [7, 11) is 0. The Morgan fingerprint density at radius 2 is 1.86 bits per heavy atom. The first-order valence-corrected chi connectivity index (χ1v) is 6.90. The number of esters is 1. The molecule has 0 spiro atoms. The van der Waals surface area contributed by atoms with Crippen molar-refractivity contribution < 1.29 is 23.9 Å². The van der Waals surface area contributed by atoms with E-state index in [4.69, 9.17) is 11.2 Å². The van der Waals surface area contributed by atoms with Crippen LogP contribution in [0.4, 0.5) is 0 Å². The van der Waals surface area contributed by atoms with Gasteiger partial charge in [-0.1, -0.05) is 18.1 Å². The van der Waals surface area contributed by atoms with Crippen molar-refractivity contribution in [2.45, 2.75) is 12.8 Å². The zero-order chi connectivity index (χ0) is 16.1. The third kappa shape index (κ3) is 3.34. The summed E-state index contributed by atoms with van der Waals surface area (Å²) < 4.78 is 4.73. The zero-order valence-electron chi connectivity index (χ0n) is 11.9. The van der Waals surface area contributed by atoms with Crippen LogP contribution in [0.5, 0.6) is 0 Å². The van der Waals surface area contributed by atoms with Gasteiger partial charge >= 0.3 is 5.97 Å². The second-order valence-electron chi connectivity index (χ2n) is 5.06. The highest BCUT2D eigenvalue weighted by molar-refractivity contribution is 6.07. The van der Waals surface area contributed by atoms with E-state index in [1.807, 2.05) is 12.2 Å². The van der Waals surface area contributed by atoms with Gasteiger partial charge in [0.1, 0.15) is 6.54 Å². The number of carbonyl (C=O) groups excluding carboxylic acids is 4. The van der Waals surface area contributed by atoms with E-state index in [0.29, 0.717) is 12.8 Å². The molecule has 0 aromatic rings. The molecule has 0 saturated carbocycles. The Labute approximate surface area is 127 Å². The van der Waals surface area contributed by atoms with E-state index in [-0.39, 0.29) is 30.2 Å². The molecular formula is C15H16N2O5. The van der Waals surface area contributed by atoms with Crippen LogP contribution in [-0.2, 0) is 23.9 Å². The molecule has 0 aromatic carbocycles. The van der Waals surface area contributed by atoms with E-state index in [2.05, 4.69) is 11.2 Å². The SMILES string of the molecule is C#CCNC(=O)COC(=O)CN1C(=O)[C@H]2CC=CC[C@H]2C1=O. The van der Waals surface area contributed by atoms with Crippen LogP contribution in [0.3, 0.4) is 0 Å². The third-order valence-corrected chi connectivity index (χ3v) is 3.64. The van der Waals surface area contributed by atoms with Gasteiger partial charge in [-0.3, -0.25) is 24.1 Å². The summed E-state index contributed by atoms with van der Waals surface area (Å²) in [5, 5.41) is 2.33. The lowest BCUT2D eigenvalue weighted by atomic mass is 9.85. The molecule has 1 aliphatic carbocycles. The number of hydrogen-bond acceptors (Lipinski definition) is 5. The fourth-order valence-electron chi connectivity index (χ4n) is 2.55. The molecule has 0 bridgehead atoms. The monoisotopic (exact) mass is 304 g/mol. The molecule has 3 amide bonds. The van der Waals surface area contributed by atoms with Gasteiger partial charge in [0.05, 0.1) is 18.4 Å². The number of rotatable bonds is 5. The zero-order valence-corrected chi connectivity index (χ0v) is 11.9. The molecular weight excluding hydrogens is 288 g/mol. The lowest BCUT2D eigenvalue weighted by Crippen LogP contribution is -2.38. The normalized spacial score (nSPS) is 23.0. The van der Waals surface area contributed by atoms with Gasteiger partial charge in [0.2, 0.25) is 11.8 Å². The minimum absolute atomic E-state index is 0.0375. The molecule has 1 heterocycles. The average molecular weight is 304 g/mol. The van der Waals surface area contributed by atoms with Crippen molar-refractivity contribution in [3.8, 4) is 12.3 Å². The van der Waals surface area contributed by atoms with Gasteiger partial charge in [0.15, 0.2) is 6.61 Å². The van der Waals surface area contributed by atoms with E-state index in [0.717, 1.165) is 4.90 Å². The maximum absolute atomic E-state index is 12.1. The maximum Gasteiger partial charge on any atom is 0.326 e. The van der Waals surface area contributed by atoms with Crippen LogP contribution in [-0.4, -0.2) is 48.3 Å². The highest BCUT2D eigenvalue weighted by Crippen LogP contribution is 2.34. The van der Waals surface area contributed by atoms with Crippen molar-refractivity contribution in [2.24, 2.45) is 11.8 Å². The summed E-state index contributed by atoms with van der Waals surface area (Å²) in [6.45, 7) is -0.923. The van der Waals surface area contributed by atoms with E-state index in [1.165, 1.54) is 0 Å². The van der Waals surface area contributed by atoms with Gasteiger partial charge in [0.25, 0.3) is 5.91 Å². The molecule has 0 unspecified atom stereocenters. The Kier molecular flexibility index (Phi) is 4.94. The molecule has 1 saturated heterocycles. The Bertz CT molecular complexity index is 549.